The molecule has 1 fully saturated rings. The zero-order chi connectivity index (χ0) is 20.4. The Labute approximate surface area is 172 Å². The molecule has 1 amide bonds. The summed E-state index contributed by atoms with van der Waals surface area (Å²) in [6, 6.07) is 9.80. The molecule has 0 bridgehead atoms. The standard InChI is InChI=1S/C21H19ClFN5O/c22-15-8-21(9-15,18-3-1-2-6-25-18)12-28-20-26-10-14(11-27-20)16-7-13(19(24)29)4-5-17(16)23/h1-7,10-11,15H,8-9,12H2,(H2,24,29)(H,26,27,28). The number of halogens is 2. The van der Waals surface area contributed by atoms with Crippen LogP contribution in [0, 0.1) is 5.82 Å². The summed E-state index contributed by atoms with van der Waals surface area (Å²) in [5.41, 5.74) is 7.02. The largest absolute Gasteiger partial charge is 0.366 e. The second kappa shape index (κ2) is 7.75. The molecule has 1 aromatic carbocycles. The highest BCUT2D eigenvalue weighted by Crippen LogP contribution is 2.45. The van der Waals surface area contributed by atoms with E-state index >= 15 is 0 Å². The third kappa shape index (κ3) is 3.91. The topological polar surface area (TPSA) is 93.8 Å². The Balaban J connectivity index is 1.50. The van der Waals surface area contributed by atoms with Gasteiger partial charge in [0.2, 0.25) is 11.9 Å². The first-order valence-corrected chi connectivity index (χ1v) is 9.62. The lowest BCUT2D eigenvalue weighted by Gasteiger charge is -2.44. The van der Waals surface area contributed by atoms with Gasteiger partial charge in [0.15, 0.2) is 0 Å². The van der Waals surface area contributed by atoms with Crippen LogP contribution in [0.15, 0.2) is 55.0 Å². The number of rotatable bonds is 6. The van der Waals surface area contributed by atoms with Crippen LogP contribution in [0.2, 0.25) is 0 Å². The van der Waals surface area contributed by atoms with Crippen molar-refractivity contribution in [2.75, 3.05) is 11.9 Å². The predicted octanol–water partition coefficient (Wildman–Crippen LogP) is 3.53. The van der Waals surface area contributed by atoms with Crippen molar-refractivity contribution in [3.8, 4) is 11.1 Å². The Kier molecular flexibility index (Phi) is 5.15. The number of anilines is 1. The molecule has 6 nitrogen and oxygen atoms in total. The van der Waals surface area contributed by atoms with Crippen LogP contribution in [0.1, 0.15) is 28.9 Å². The fraction of sp³-hybridized carbons (Fsp3) is 0.238. The highest BCUT2D eigenvalue weighted by Gasteiger charge is 2.45. The number of hydrogen-bond acceptors (Lipinski definition) is 5. The predicted molar refractivity (Wildman–Crippen MR) is 109 cm³/mol. The minimum absolute atomic E-state index is 0.127. The highest BCUT2D eigenvalue weighted by atomic mass is 35.5. The van der Waals surface area contributed by atoms with Gasteiger partial charge in [0.25, 0.3) is 0 Å². The van der Waals surface area contributed by atoms with E-state index in [9.17, 15) is 9.18 Å². The van der Waals surface area contributed by atoms with Gasteiger partial charge in [0, 0.05) is 58.3 Å². The molecule has 8 heteroatoms. The lowest BCUT2D eigenvalue weighted by atomic mass is 9.66. The SMILES string of the molecule is NC(=O)c1ccc(F)c(-c2cnc(NCC3(c4ccccn4)CC(Cl)C3)nc2)c1. The van der Waals surface area contributed by atoms with Crippen LogP contribution in [0.5, 0.6) is 0 Å². The zero-order valence-electron chi connectivity index (χ0n) is 15.5. The van der Waals surface area contributed by atoms with Crippen LogP contribution in [-0.2, 0) is 5.41 Å². The molecule has 0 spiro atoms. The molecule has 2 aromatic heterocycles. The summed E-state index contributed by atoms with van der Waals surface area (Å²) in [5.74, 6) is -0.673. The average Bonchev–Trinajstić information content (AvgIpc) is 2.71. The number of pyridine rings is 1. The molecule has 29 heavy (non-hydrogen) atoms. The van der Waals surface area contributed by atoms with E-state index in [-0.39, 0.29) is 21.9 Å². The summed E-state index contributed by atoms with van der Waals surface area (Å²) in [4.78, 5) is 24.4. The number of benzene rings is 1. The molecule has 1 saturated carbocycles. The van der Waals surface area contributed by atoms with Gasteiger partial charge in [-0.3, -0.25) is 9.78 Å². The van der Waals surface area contributed by atoms with Gasteiger partial charge in [0.05, 0.1) is 0 Å². The molecule has 1 aliphatic carbocycles. The van der Waals surface area contributed by atoms with Crippen LogP contribution < -0.4 is 11.1 Å². The van der Waals surface area contributed by atoms with Crippen molar-refractivity contribution in [1.29, 1.82) is 0 Å². The van der Waals surface area contributed by atoms with Gasteiger partial charge in [-0.2, -0.15) is 0 Å². The quantitative estimate of drug-likeness (QED) is 0.605. The number of alkyl halides is 1. The maximum atomic E-state index is 14.2. The van der Waals surface area contributed by atoms with Gasteiger partial charge >= 0.3 is 0 Å². The molecular formula is C21H19ClFN5O. The van der Waals surface area contributed by atoms with Crippen molar-refractivity contribution < 1.29 is 9.18 Å². The van der Waals surface area contributed by atoms with Crippen molar-refractivity contribution in [2.24, 2.45) is 5.73 Å². The highest BCUT2D eigenvalue weighted by molar-refractivity contribution is 6.21. The van der Waals surface area contributed by atoms with E-state index in [1.54, 1.807) is 6.20 Å². The fourth-order valence-corrected chi connectivity index (χ4v) is 4.21. The molecule has 1 aliphatic rings. The van der Waals surface area contributed by atoms with Crippen molar-refractivity contribution in [3.63, 3.8) is 0 Å². The number of nitrogens with one attached hydrogen (secondary N) is 1. The number of carbonyl (C=O) groups is 1. The third-order valence-corrected chi connectivity index (χ3v) is 5.54. The smallest absolute Gasteiger partial charge is 0.248 e. The zero-order valence-corrected chi connectivity index (χ0v) is 16.2. The Morgan fingerprint density at radius 1 is 1.21 bits per heavy atom. The second-order valence-electron chi connectivity index (χ2n) is 7.21. The van der Waals surface area contributed by atoms with Crippen molar-refractivity contribution in [2.45, 2.75) is 23.6 Å². The number of hydrogen-bond donors (Lipinski definition) is 2. The summed E-state index contributed by atoms with van der Waals surface area (Å²) in [6.45, 7) is 0.595. The second-order valence-corrected chi connectivity index (χ2v) is 7.83. The first-order chi connectivity index (χ1) is 14.0. The lowest BCUT2D eigenvalue weighted by Crippen LogP contribution is -2.48. The van der Waals surface area contributed by atoms with Gasteiger partial charge in [-0.1, -0.05) is 6.07 Å². The maximum absolute atomic E-state index is 14.2. The normalized spacial score (nSPS) is 20.7. The summed E-state index contributed by atoms with van der Waals surface area (Å²) in [5, 5.41) is 3.37. The van der Waals surface area contributed by atoms with Crippen molar-refractivity contribution in [3.05, 3.63) is 72.1 Å². The van der Waals surface area contributed by atoms with Gasteiger partial charge in [-0.25, -0.2) is 14.4 Å². The third-order valence-electron chi connectivity index (χ3n) is 5.23. The molecule has 148 valence electrons. The van der Waals surface area contributed by atoms with E-state index in [2.05, 4.69) is 20.3 Å². The van der Waals surface area contributed by atoms with E-state index in [0.29, 0.717) is 18.1 Å². The number of aromatic nitrogens is 3. The van der Waals surface area contributed by atoms with E-state index in [1.165, 1.54) is 30.6 Å². The van der Waals surface area contributed by atoms with E-state index in [4.69, 9.17) is 17.3 Å². The summed E-state index contributed by atoms with van der Waals surface area (Å²) in [7, 11) is 0. The Morgan fingerprint density at radius 2 is 1.97 bits per heavy atom. The monoisotopic (exact) mass is 411 g/mol. The van der Waals surface area contributed by atoms with Gasteiger partial charge in [0.1, 0.15) is 5.82 Å². The first kappa shape index (κ1) is 19.3. The van der Waals surface area contributed by atoms with Crippen LogP contribution in [0.25, 0.3) is 11.1 Å². The number of carbonyl (C=O) groups excluding carboxylic acids is 1. The van der Waals surface area contributed by atoms with E-state index in [1.807, 2.05) is 18.2 Å². The minimum Gasteiger partial charge on any atom is -0.366 e. The Hall–Kier alpha value is -3.06. The van der Waals surface area contributed by atoms with Crippen LogP contribution in [0.3, 0.4) is 0 Å². The molecule has 4 rings (SSSR count). The lowest BCUT2D eigenvalue weighted by molar-refractivity contribution is 0.100. The molecule has 3 N–H and O–H groups in total. The minimum atomic E-state index is -0.622. The molecular weight excluding hydrogens is 393 g/mol. The van der Waals surface area contributed by atoms with Crippen LogP contribution >= 0.6 is 11.6 Å². The number of nitrogens with zero attached hydrogens (tertiary/aromatic N) is 3. The molecule has 0 saturated heterocycles. The molecule has 2 heterocycles. The van der Waals surface area contributed by atoms with Crippen LogP contribution in [-0.4, -0.2) is 32.8 Å². The molecule has 0 radical (unpaired) electrons. The average molecular weight is 412 g/mol. The molecule has 3 aromatic rings. The summed E-state index contributed by atoms with van der Waals surface area (Å²) >= 11 is 6.25. The molecule has 0 atom stereocenters. The number of amides is 1. The van der Waals surface area contributed by atoms with Crippen LogP contribution in [0.4, 0.5) is 10.3 Å². The fourth-order valence-electron chi connectivity index (χ4n) is 3.62. The Bertz CT molecular complexity index is 1020. The first-order valence-electron chi connectivity index (χ1n) is 9.18. The van der Waals surface area contributed by atoms with Crippen molar-refractivity contribution >= 4 is 23.5 Å². The maximum Gasteiger partial charge on any atom is 0.248 e. The van der Waals surface area contributed by atoms with Gasteiger partial charge in [-0.15, -0.1) is 11.6 Å². The van der Waals surface area contributed by atoms with Gasteiger partial charge < -0.3 is 11.1 Å². The van der Waals surface area contributed by atoms with Gasteiger partial charge in [-0.05, 0) is 43.2 Å². The Morgan fingerprint density at radius 3 is 2.59 bits per heavy atom. The number of nitrogens with two attached hydrogens (primary N) is 1. The molecule has 0 aliphatic heterocycles. The molecule has 0 unspecified atom stereocenters. The van der Waals surface area contributed by atoms with Crippen molar-refractivity contribution in [1.82, 2.24) is 15.0 Å². The summed E-state index contributed by atoms with van der Waals surface area (Å²) in [6.07, 6.45) is 6.44. The summed E-state index contributed by atoms with van der Waals surface area (Å²) < 4.78 is 14.2. The number of primary amides is 1. The van der Waals surface area contributed by atoms with E-state index in [0.717, 1.165) is 18.5 Å². The van der Waals surface area contributed by atoms with E-state index < -0.39 is 11.7 Å².